The minimum absolute atomic E-state index is 0.101. The van der Waals surface area contributed by atoms with Crippen LogP contribution in [0.1, 0.15) is 12.5 Å². The van der Waals surface area contributed by atoms with E-state index in [9.17, 15) is 9.59 Å². The zero-order valence-electron chi connectivity index (χ0n) is 11.3. The van der Waals surface area contributed by atoms with E-state index in [1.54, 1.807) is 24.3 Å². The van der Waals surface area contributed by atoms with Gasteiger partial charge in [-0.05, 0) is 19.1 Å². The van der Waals surface area contributed by atoms with Crippen LogP contribution >= 0.6 is 11.8 Å². The highest BCUT2D eigenvalue weighted by molar-refractivity contribution is 7.99. The first-order valence-corrected chi connectivity index (χ1v) is 7.21. The number of nitriles is 1. The molecule has 0 saturated heterocycles. The average Bonchev–Trinajstić information content (AvgIpc) is 2.85. The van der Waals surface area contributed by atoms with Gasteiger partial charge in [0.05, 0.1) is 17.0 Å². The van der Waals surface area contributed by atoms with Gasteiger partial charge in [0.2, 0.25) is 5.91 Å². The third-order valence-electron chi connectivity index (χ3n) is 2.69. The number of aromatic nitrogens is 3. The van der Waals surface area contributed by atoms with Crippen molar-refractivity contribution in [3.05, 3.63) is 40.3 Å². The Morgan fingerprint density at radius 3 is 3.00 bits per heavy atom. The number of amides is 1. The fraction of sp³-hybridized carbons (Fsp3) is 0.231. The van der Waals surface area contributed by atoms with Crippen LogP contribution in [0.4, 0.5) is 5.69 Å². The number of benzene rings is 1. The summed E-state index contributed by atoms with van der Waals surface area (Å²) in [5.74, 6) is -0.162. The van der Waals surface area contributed by atoms with Gasteiger partial charge in [-0.15, -0.1) is 5.10 Å². The zero-order valence-corrected chi connectivity index (χ0v) is 12.1. The summed E-state index contributed by atoms with van der Waals surface area (Å²) in [4.78, 5) is 23.3. The van der Waals surface area contributed by atoms with Gasteiger partial charge >= 0.3 is 5.69 Å². The van der Waals surface area contributed by atoms with Gasteiger partial charge in [-0.25, -0.2) is 9.89 Å². The van der Waals surface area contributed by atoms with Gasteiger partial charge < -0.3 is 5.32 Å². The highest BCUT2D eigenvalue weighted by Gasteiger charge is 2.11. The molecule has 0 unspecified atom stereocenters. The lowest BCUT2D eigenvalue weighted by atomic mass is 10.2. The molecule has 21 heavy (non-hydrogen) atoms. The Balaban J connectivity index is 1.99. The van der Waals surface area contributed by atoms with Crippen LogP contribution in [0, 0.1) is 11.3 Å². The van der Waals surface area contributed by atoms with Gasteiger partial charge in [-0.2, -0.15) is 5.26 Å². The monoisotopic (exact) mass is 303 g/mol. The molecule has 0 aliphatic carbocycles. The molecule has 108 valence electrons. The van der Waals surface area contributed by atoms with Crippen LogP contribution in [-0.4, -0.2) is 26.4 Å². The highest BCUT2D eigenvalue weighted by Crippen LogP contribution is 2.16. The fourth-order valence-electron chi connectivity index (χ4n) is 1.70. The molecule has 0 aliphatic rings. The molecule has 2 N–H and O–H groups in total. The summed E-state index contributed by atoms with van der Waals surface area (Å²) in [5, 5.41) is 18.3. The molecule has 1 amide bonds. The lowest BCUT2D eigenvalue weighted by Crippen LogP contribution is -2.18. The summed E-state index contributed by atoms with van der Waals surface area (Å²) >= 11 is 1.16. The first-order valence-electron chi connectivity index (χ1n) is 6.22. The van der Waals surface area contributed by atoms with Crippen LogP contribution in [0.15, 0.2) is 34.2 Å². The molecule has 7 nitrogen and oxygen atoms in total. The Morgan fingerprint density at radius 1 is 1.52 bits per heavy atom. The number of aromatic amines is 1. The lowest BCUT2D eigenvalue weighted by molar-refractivity contribution is -0.113. The maximum Gasteiger partial charge on any atom is 0.343 e. The predicted molar refractivity (Wildman–Crippen MR) is 79.0 cm³/mol. The Morgan fingerprint density at radius 2 is 2.29 bits per heavy atom. The van der Waals surface area contributed by atoms with Crippen LogP contribution in [0.2, 0.25) is 0 Å². The number of hydrogen-bond donors (Lipinski definition) is 2. The van der Waals surface area contributed by atoms with Gasteiger partial charge in [-0.1, -0.05) is 23.9 Å². The van der Waals surface area contributed by atoms with Crippen molar-refractivity contribution in [2.45, 2.75) is 18.6 Å². The van der Waals surface area contributed by atoms with Crippen molar-refractivity contribution in [1.82, 2.24) is 14.8 Å². The molecule has 0 spiro atoms. The van der Waals surface area contributed by atoms with Crippen LogP contribution in [0.3, 0.4) is 0 Å². The van der Waals surface area contributed by atoms with Crippen molar-refractivity contribution in [2.75, 3.05) is 11.1 Å². The Hall–Kier alpha value is -2.53. The van der Waals surface area contributed by atoms with Crippen LogP contribution < -0.4 is 11.0 Å². The molecule has 0 radical (unpaired) electrons. The Bertz CT molecular complexity index is 744. The van der Waals surface area contributed by atoms with E-state index in [1.165, 1.54) is 4.57 Å². The molecule has 0 saturated carbocycles. The average molecular weight is 303 g/mol. The minimum atomic E-state index is -0.296. The quantitative estimate of drug-likeness (QED) is 0.808. The molecular formula is C13H13N5O2S. The number of anilines is 1. The SMILES string of the molecule is CCn1c(SCC(=O)Nc2ccccc2C#N)n[nH]c1=O. The number of carbonyl (C=O) groups is 1. The van der Waals surface area contributed by atoms with Crippen molar-refractivity contribution < 1.29 is 4.79 Å². The van der Waals surface area contributed by atoms with Crippen molar-refractivity contribution in [1.29, 1.82) is 5.26 Å². The molecule has 2 aromatic rings. The molecule has 8 heteroatoms. The van der Waals surface area contributed by atoms with Gasteiger partial charge in [0.1, 0.15) is 6.07 Å². The fourth-order valence-corrected chi connectivity index (χ4v) is 2.51. The van der Waals surface area contributed by atoms with Crippen molar-refractivity contribution in [2.24, 2.45) is 0 Å². The van der Waals surface area contributed by atoms with E-state index in [4.69, 9.17) is 5.26 Å². The van der Waals surface area contributed by atoms with Gasteiger partial charge in [0, 0.05) is 6.54 Å². The van der Waals surface area contributed by atoms with Crippen molar-refractivity contribution >= 4 is 23.4 Å². The van der Waals surface area contributed by atoms with Gasteiger partial charge in [-0.3, -0.25) is 9.36 Å². The Kier molecular flexibility index (Phi) is 4.79. The molecule has 0 atom stereocenters. The third kappa shape index (κ3) is 3.52. The number of nitrogens with one attached hydrogen (secondary N) is 2. The molecule has 1 aromatic heterocycles. The van der Waals surface area contributed by atoms with E-state index in [0.717, 1.165) is 11.8 Å². The lowest BCUT2D eigenvalue weighted by Gasteiger charge is -2.06. The van der Waals surface area contributed by atoms with E-state index in [2.05, 4.69) is 15.5 Å². The molecular weight excluding hydrogens is 290 g/mol. The normalized spacial score (nSPS) is 10.1. The third-order valence-corrected chi connectivity index (χ3v) is 3.67. The molecule has 0 fully saturated rings. The van der Waals surface area contributed by atoms with E-state index in [-0.39, 0.29) is 17.3 Å². The topological polar surface area (TPSA) is 104 Å². The van der Waals surface area contributed by atoms with Crippen molar-refractivity contribution in [3.8, 4) is 6.07 Å². The largest absolute Gasteiger partial charge is 0.343 e. The molecule has 0 bridgehead atoms. The maximum absolute atomic E-state index is 11.9. The first kappa shape index (κ1) is 14.9. The summed E-state index contributed by atoms with van der Waals surface area (Å²) in [7, 11) is 0. The second-order valence-corrected chi connectivity index (χ2v) is 4.99. The van der Waals surface area contributed by atoms with E-state index in [0.29, 0.717) is 23.0 Å². The summed E-state index contributed by atoms with van der Waals surface area (Å²) in [6.07, 6.45) is 0. The number of nitrogens with zero attached hydrogens (tertiary/aromatic N) is 3. The second kappa shape index (κ2) is 6.76. The van der Waals surface area contributed by atoms with Crippen molar-refractivity contribution in [3.63, 3.8) is 0 Å². The molecule has 0 aliphatic heterocycles. The standard InChI is InChI=1S/C13H13N5O2S/c1-2-18-12(20)16-17-13(18)21-8-11(19)15-10-6-4-3-5-9(10)7-14/h3-6H,2,8H2,1H3,(H,15,19)(H,16,20). The number of H-pyrrole nitrogens is 1. The van der Waals surface area contributed by atoms with Gasteiger partial charge in [0.15, 0.2) is 5.16 Å². The van der Waals surface area contributed by atoms with E-state index in [1.807, 2.05) is 13.0 Å². The molecule has 1 aromatic carbocycles. The minimum Gasteiger partial charge on any atom is -0.324 e. The summed E-state index contributed by atoms with van der Waals surface area (Å²) in [6.45, 7) is 2.31. The first-order chi connectivity index (χ1) is 10.2. The second-order valence-electron chi connectivity index (χ2n) is 4.05. The summed E-state index contributed by atoms with van der Waals surface area (Å²) in [5.41, 5.74) is 0.580. The van der Waals surface area contributed by atoms with E-state index < -0.39 is 0 Å². The number of carbonyl (C=O) groups excluding carboxylic acids is 1. The number of para-hydroxylation sites is 1. The maximum atomic E-state index is 11.9. The molecule has 1 heterocycles. The van der Waals surface area contributed by atoms with Crippen LogP contribution in [0.25, 0.3) is 0 Å². The predicted octanol–water partition coefficient (Wildman–Crippen LogP) is 1.19. The van der Waals surface area contributed by atoms with Crippen LogP contribution in [-0.2, 0) is 11.3 Å². The number of hydrogen-bond acceptors (Lipinski definition) is 5. The zero-order chi connectivity index (χ0) is 15.2. The van der Waals surface area contributed by atoms with Crippen LogP contribution in [0.5, 0.6) is 0 Å². The highest BCUT2D eigenvalue weighted by atomic mass is 32.2. The number of thioether (sulfide) groups is 1. The number of rotatable bonds is 5. The summed E-state index contributed by atoms with van der Waals surface area (Å²) < 4.78 is 1.45. The summed E-state index contributed by atoms with van der Waals surface area (Å²) in [6, 6.07) is 8.78. The van der Waals surface area contributed by atoms with Gasteiger partial charge in [0.25, 0.3) is 0 Å². The Labute approximate surface area is 125 Å². The molecule has 2 rings (SSSR count). The smallest absolute Gasteiger partial charge is 0.324 e. The van der Waals surface area contributed by atoms with E-state index >= 15 is 0 Å².